The molecule has 0 saturated carbocycles. The Morgan fingerprint density at radius 3 is 2.62 bits per heavy atom. The van der Waals surface area contributed by atoms with Crippen LogP contribution in [0.1, 0.15) is 20.3 Å². The summed E-state index contributed by atoms with van der Waals surface area (Å²) in [4.78, 5) is 24.7. The van der Waals surface area contributed by atoms with E-state index < -0.39 is 5.54 Å². The fourth-order valence-electron chi connectivity index (χ4n) is 1.57. The highest BCUT2D eigenvalue weighted by atomic mass is 32.2. The maximum Gasteiger partial charge on any atom is 0.324 e. The summed E-state index contributed by atoms with van der Waals surface area (Å²) in [6, 6.07) is -0.697. The van der Waals surface area contributed by atoms with Gasteiger partial charge in [0.25, 0.3) is 5.91 Å². The lowest BCUT2D eigenvalue weighted by molar-refractivity contribution is -0.128. The second kappa shape index (κ2) is 5.05. The minimum Gasteiger partial charge on any atom is -0.326 e. The van der Waals surface area contributed by atoms with E-state index in [1.165, 1.54) is 4.90 Å². The number of rotatable bonds is 5. The lowest BCUT2D eigenvalue weighted by Gasteiger charge is -2.23. The summed E-state index contributed by atoms with van der Waals surface area (Å²) in [7, 11) is 0. The molecule has 1 atom stereocenters. The number of carbonyl (C=O) groups excluding carboxylic acids is 2. The smallest absolute Gasteiger partial charge is 0.324 e. The highest BCUT2D eigenvalue weighted by molar-refractivity contribution is 7.98. The van der Waals surface area contributed by atoms with Crippen LogP contribution < -0.4 is 11.1 Å². The van der Waals surface area contributed by atoms with Crippen LogP contribution in [0.15, 0.2) is 0 Å². The number of hydrogen-bond acceptors (Lipinski definition) is 4. The van der Waals surface area contributed by atoms with Gasteiger partial charge >= 0.3 is 6.03 Å². The Balaban J connectivity index is 2.61. The molecule has 0 aromatic heterocycles. The molecule has 0 aliphatic carbocycles. The Labute approximate surface area is 100 Å². The predicted molar refractivity (Wildman–Crippen MR) is 65.3 cm³/mol. The van der Waals surface area contributed by atoms with Crippen molar-refractivity contribution in [2.24, 2.45) is 5.73 Å². The standard InChI is InChI=1S/C10H19N3O2S/c1-10(2,11)6-13-8(14)7(4-5-16-3)12-9(13)15/h7H,4-6,11H2,1-3H3,(H,12,15). The van der Waals surface area contributed by atoms with Crippen LogP contribution in [0.2, 0.25) is 0 Å². The fraction of sp³-hybridized carbons (Fsp3) is 0.800. The van der Waals surface area contributed by atoms with Crippen molar-refractivity contribution < 1.29 is 9.59 Å². The summed E-state index contributed by atoms with van der Waals surface area (Å²) in [6.45, 7) is 3.85. The molecule has 5 nitrogen and oxygen atoms in total. The van der Waals surface area contributed by atoms with Gasteiger partial charge in [-0.3, -0.25) is 9.69 Å². The molecule has 1 fully saturated rings. The number of urea groups is 1. The zero-order valence-electron chi connectivity index (χ0n) is 9.95. The van der Waals surface area contributed by atoms with Crippen molar-refractivity contribution in [3.05, 3.63) is 0 Å². The summed E-state index contributed by atoms with van der Waals surface area (Å²) < 4.78 is 0. The minimum atomic E-state index is -0.554. The zero-order valence-corrected chi connectivity index (χ0v) is 10.8. The van der Waals surface area contributed by atoms with Gasteiger partial charge in [0.1, 0.15) is 6.04 Å². The van der Waals surface area contributed by atoms with Crippen molar-refractivity contribution in [3.8, 4) is 0 Å². The van der Waals surface area contributed by atoms with E-state index in [1.807, 2.05) is 6.26 Å². The zero-order chi connectivity index (χ0) is 12.3. The highest BCUT2D eigenvalue weighted by Gasteiger charge is 2.39. The van der Waals surface area contributed by atoms with E-state index in [4.69, 9.17) is 5.73 Å². The third kappa shape index (κ3) is 3.38. The van der Waals surface area contributed by atoms with Gasteiger partial charge in [-0.1, -0.05) is 0 Å². The number of hydrogen-bond donors (Lipinski definition) is 2. The van der Waals surface area contributed by atoms with Crippen LogP contribution in [0.4, 0.5) is 4.79 Å². The van der Waals surface area contributed by atoms with Gasteiger partial charge in [0.2, 0.25) is 0 Å². The first kappa shape index (κ1) is 13.3. The number of nitrogens with two attached hydrogens (primary N) is 1. The van der Waals surface area contributed by atoms with E-state index in [1.54, 1.807) is 25.6 Å². The monoisotopic (exact) mass is 245 g/mol. The Morgan fingerprint density at radius 1 is 1.50 bits per heavy atom. The van der Waals surface area contributed by atoms with Crippen LogP contribution in [0.3, 0.4) is 0 Å². The van der Waals surface area contributed by atoms with Gasteiger partial charge in [-0.05, 0) is 32.3 Å². The normalized spacial score (nSPS) is 21.5. The SMILES string of the molecule is CSCCC1NC(=O)N(CC(C)(C)N)C1=O. The molecule has 0 radical (unpaired) electrons. The van der Waals surface area contributed by atoms with Crippen LogP contribution in [-0.4, -0.2) is 47.0 Å². The number of nitrogens with one attached hydrogen (secondary N) is 1. The molecule has 1 unspecified atom stereocenters. The van der Waals surface area contributed by atoms with Gasteiger partial charge in [-0.15, -0.1) is 0 Å². The third-order valence-electron chi connectivity index (χ3n) is 2.28. The van der Waals surface area contributed by atoms with Gasteiger partial charge in [-0.2, -0.15) is 11.8 Å². The Hall–Kier alpha value is -0.750. The van der Waals surface area contributed by atoms with Crippen LogP contribution >= 0.6 is 11.8 Å². The molecule has 1 heterocycles. The molecule has 1 saturated heterocycles. The maximum absolute atomic E-state index is 11.9. The van der Waals surface area contributed by atoms with E-state index in [0.29, 0.717) is 6.42 Å². The molecule has 3 amide bonds. The minimum absolute atomic E-state index is 0.155. The van der Waals surface area contributed by atoms with E-state index >= 15 is 0 Å². The van der Waals surface area contributed by atoms with Crippen molar-refractivity contribution in [1.82, 2.24) is 10.2 Å². The second-order valence-corrected chi connectivity index (χ2v) is 5.68. The van der Waals surface area contributed by atoms with Gasteiger partial charge in [-0.25, -0.2) is 4.79 Å². The summed E-state index contributed by atoms with van der Waals surface area (Å²) >= 11 is 1.66. The van der Waals surface area contributed by atoms with Crippen molar-refractivity contribution in [3.63, 3.8) is 0 Å². The molecule has 16 heavy (non-hydrogen) atoms. The first-order valence-corrected chi connectivity index (χ1v) is 6.64. The lowest BCUT2D eigenvalue weighted by Crippen LogP contribution is -2.48. The summed E-state index contributed by atoms with van der Waals surface area (Å²) in [6.07, 6.45) is 2.65. The van der Waals surface area contributed by atoms with Crippen molar-refractivity contribution in [2.45, 2.75) is 31.8 Å². The largest absolute Gasteiger partial charge is 0.326 e. The first-order chi connectivity index (χ1) is 7.35. The third-order valence-corrected chi connectivity index (χ3v) is 2.93. The molecule has 3 N–H and O–H groups in total. The molecule has 1 aliphatic heterocycles. The van der Waals surface area contributed by atoms with E-state index in [-0.39, 0.29) is 24.5 Å². The average molecular weight is 245 g/mol. The number of nitrogens with zero attached hydrogens (tertiary/aromatic N) is 1. The second-order valence-electron chi connectivity index (χ2n) is 4.70. The van der Waals surface area contributed by atoms with Gasteiger partial charge < -0.3 is 11.1 Å². The molecule has 1 aliphatic rings. The average Bonchev–Trinajstić information content (AvgIpc) is 2.40. The maximum atomic E-state index is 11.9. The van der Waals surface area contributed by atoms with Gasteiger partial charge in [0.15, 0.2) is 0 Å². The lowest BCUT2D eigenvalue weighted by atomic mass is 10.1. The van der Waals surface area contributed by atoms with Gasteiger partial charge in [0, 0.05) is 12.1 Å². The molecular weight excluding hydrogens is 226 g/mol. The van der Waals surface area contributed by atoms with Crippen LogP contribution in [0.25, 0.3) is 0 Å². The quantitative estimate of drug-likeness (QED) is 0.687. The molecule has 1 rings (SSSR count). The topological polar surface area (TPSA) is 75.4 Å². The number of amides is 3. The van der Waals surface area contributed by atoms with E-state index in [0.717, 1.165) is 5.75 Å². The van der Waals surface area contributed by atoms with E-state index in [2.05, 4.69) is 5.32 Å². The Bertz CT molecular complexity index is 288. The van der Waals surface area contributed by atoms with E-state index in [9.17, 15) is 9.59 Å². The Morgan fingerprint density at radius 2 is 2.12 bits per heavy atom. The fourth-order valence-corrected chi connectivity index (χ4v) is 2.04. The number of thioether (sulfide) groups is 1. The molecular formula is C10H19N3O2S. The molecule has 0 aromatic rings. The van der Waals surface area contributed by atoms with Crippen LogP contribution in [0, 0.1) is 0 Å². The van der Waals surface area contributed by atoms with Crippen LogP contribution in [-0.2, 0) is 4.79 Å². The summed E-state index contributed by atoms with van der Waals surface area (Å²) in [5.74, 6) is 0.703. The Kier molecular flexibility index (Phi) is 4.21. The van der Waals surface area contributed by atoms with Crippen molar-refractivity contribution in [2.75, 3.05) is 18.6 Å². The predicted octanol–water partition coefficient (Wildman–Crippen LogP) is 0.397. The summed E-state index contributed by atoms with van der Waals surface area (Å²) in [5.41, 5.74) is 5.25. The number of carbonyl (C=O) groups is 2. The summed E-state index contributed by atoms with van der Waals surface area (Å²) in [5, 5.41) is 2.68. The molecule has 0 aromatic carbocycles. The van der Waals surface area contributed by atoms with Gasteiger partial charge in [0.05, 0.1) is 0 Å². The van der Waals surface area contributed by atoms with Crippen LogP contribution in [0.5, 0.6) is 0 Å². The van der Waals surface area contributed by atoms with Crippen molar-refractivity contribution >= 4 is 23.7 Å². The van der Waals surface area contributed by atoms with Crippen molar-refractivity contribution in [1.29, 1.82) is 0 Å². The molecule has 0 bridgehead atoms. The number of imide groups is 1. The molecule has 6 heteroatoms. The molecule has 0 spiro atoms. The highest BCUT2D eigenvalue weighted by Crippen LogP contribution is 2.14. The first-order valence-electron chi connectivity index (χ1n) is 5.25. The molecule has 92 valence electrons.